The maximum absolute atomic E-state index is 13.0. The van der Waals surface area contributed by atoms with E-state index in [4.69, 9.17) is 0 Å². The smallest absolute Gasteiger partial charge is 0.231 e. The summed E-state index contributed by atoms with van der Waals surface area (Å²) in [5, 5.41) is 11.2. The molecule has 1 aliphatic carbocycles. The number of anilines is 1. The molecule has 0 saturated carbocycles. The molecular formula is C20H20N4O. The lowest BCUT2D eigenvalue weighted by Crippen LogP contribution is -2.25. The predicted octanol–water partition coefficient (Wildman–Crippen LogP) is 3.54. The number of rotatable bonds is 3. The summed E-state index contributed by atoms with van der Waals surface area (Å²) in [5.74, 6) is 0.680. The summed E-state index contributed by atoms with van der Waals surface area (Å²) in [6.07, 6.45) is 4.63. The Morgan fingerprint density at radius 1 is 1.16 bits per heavy atom. The zero-order valence-electron chi connectivity index (χ0n) is 14.1. The molecule has 4 rings (SSSR count). The van der Waals surface area contributed by atoms with Crippen LogP contribution in [0.3, 0.4) is 0 Å². The highest BCUT2D eigenvalue weighted by Gasteiger charge is 2.26. The van der Waals surface area contributed by atoms with Crippen LogP contribution in [-0.2, 0) is 18.3 Å². The number of fused-ring (bicyclic) bond motifs is 1. The van der Waals surface area contributed by atoms with Crippen LogP contribution >= 0.6 is 0 Å². The Kier molecular flexibility index (Phi) is 4.06. The molecule has 1 aliphatic rings. The van der Waals surface area contributed by atoms with Crippen LogP contribution in [-0.4, -0.2) is 20.7 Å². The molecule has 0 unspecified atom stereocenters. The lowest BCUT2D eigenvalue weighted by Gasteiger charge is -2.25. The zero-order valence-corrected chi connectivity index (χ0v) is 14.1. The van der Waals surface area contributed by atoms with Gasteiger partial charge in [-0.1, -0.05) is 36.4 Å². The second-order valence-corrected chi connectivity index (χ2v) is 6.44. The first-order chi connectivity index (χ1) is 12.2. The van der Waals surface area contributed by atoms with Crippen molar-refractivity contribution in [1.29, 1.82) is 0 Å². The fourth-order valence-electron chi connectivity index (χ4n) is 3.56. The number of amides is 1. The molecule has 5 heteroatoms. The van der Waals surface area contributed by atoms with Crippen molar-refractivity contribution in [2.45, 2.75) is 25.2 Å². The van der Waals surface area contributed by atoms with Crippen LogP contribution in [0.4, 0.5) is 5.69 Å². The topological polar surface area (TPSA) is 59.8 Å². The molecule has 0 bridgehead atoms. The van der Waals surface area contributed by atoms with E-state index in [1.54, 1.807) is 6.33 Å². The third-order valence-corrected chi connectivity index (χ3v) is 4.82. The fraction of sp³-hybridized carbons (Fsp3) is 0.250. The van der Waals surface area contributed by atoms with Gasteiger partial charge in [0.05, 0.1) is 11.6 Å². The van der Waals surface area contributed by atoms with Crippen molar-refractivity contribution in [1.82, 2.24) is 14.8 Å². The number of nitrogens with zero attached hydrogens (tertiary/aromatic N) is 3. The van der Waals surface area contributed by atoms with Gasteiger partial charge in [-0.25, -0.2) is 0 Å². The van der Waals surface area contributed by atoms with E-state index in [0.717, 1.165) is 41.9 Å². The van der Waals surface area contributed by atoms with Crippen molar-refractivity contribution in [3.8, 4) is 11.4 Å². The van der Waals surface area contributed by atoms with E-state index < -0.39 is 0 Å². The Bertz CT molecular complexity index is 915. The third kappa shape index (κ3) is 2.93. The molecular weight excluding hydrogens is 312 g/mol. The maximum atomic E-state index is 13.0. The minimum atomic E-state index is -0.0995. The molecule has 126 valence electrons. The number of hydrogen-bond donors (Lipinski definition) is 1. The number of para-hydroxylation sites is 1. The fourth-order valence-corrected chi connectivity index (χ4v) is 3.56. The van der Waals surface area contributed by atoms with Gasteiger partial charge < -0.3 is 9.88 Å². The highest BCUT2D eigenvalue weighted by Crippen LogP contribution is 2.33. The molecule has 0 spiro atoms. The molecule has 2 aromatic carbocycles. The third-order valence-electron chi connectivity index (χ3n) is 4.82. The van der Waals surface area contributed by atoms with Gasteiger partial charge in [-0.3, -0.25) is 4.79 Å². The zero-order chi connectivity index (χ0) is 17.2. The largest absolute Gasteiger partial charge is 0.325 e. The summed E-state index contributed by atoms with van der Waals surface area (Å²) in [5.41, 5.74) is 4.09. The molecule has 1 atom stereocenters. The minimum absolute atomic E-state index is 0.0433. The van der Waals surface area contributed by atoms with Gasteiger partial charge in [-0.05, 0) is 42.5 Å². The number of carbonyl (C=O) groups excluding carboxylic acids is 1. The normalized spacial score (nSPS) is 16.3. The van der Waals surface area contributed by atoms with Crippen LogP contribution in [0.25, 0.3) is 11.4 Å². The van der Waals surface area contributed by atoms with Crippen LogP contribution in [0.15, 0.2) is 54.9 Å². The molecule has 1 N–H and O–H groups in total. The number of aryl methyl sites for hydroxylation is 2. The summed E-state index contributed by atoms with van der Waals surface area (Å²) in [7, 11) is 1.89. The lowest BCUT2D eigenvalue weighted by atomic mass is 9.82. The van der Waals surface area contributed by atoms with Crippen molar-refractivity contribution in [3.63, 3.8) is 0 Å². The van der Waals surface area contributed by atoms with Gasteiger partial charge in [0.1, 0.15) is 6.33 Å². The van der Waals surface area contributed by atoms with Gasteiger partial charge in [-0.2, -0.15) is 0 Å². The molecule has 1 aromatic heterocycles. The molecule has 1 heterocycles. The van der Waals surface area contributed by atoms with E-state index >= 15 is 0 Å². The van der Waals surface area contributed by atoms with Crippen LogP contribution in [0, 0.1) is 0 Å². The molecule has 1 amide bonds. The summed E-state index contributed by atoms with van der Waals surface area (Å²) in [4.78, 5) is 13.0. The van der Waals surface area contributed by atoms with Crippen LogP contribution in [0.2, 0.25) is 0 Å². The van der Waals surface area contributed by atoms with Crippen molar-refractivity contribution in [2.24, 2.45) is 7.05 Å². The Morgan fingerprint density at radius 2 is 1.96 bits per heavy atom. The number of benzene rings is 2. The second kappa shape index (κ2) is 6.51. The number of aromatic nitrogens is 3. The monoisotopic (exact) mass is 332 g/mol. The summed E-state index contributed by atoms with van der Waals surface area (Å²) in [6.45, 7) is 0. The first kappa shape index (κ1) is 15.6. The first-order valence-corrected chi connectivity index (χ1v) is 8.56. The molecule has 3 aromatic rings. The predicted molar refractivity (Wildman–Crippen MR) is 97.2 cm³/mol. The molecule has 5 nitrogen and oxygen atoms in total. The van der Waals surface area contributed by atoms with E-state index in [0.29, 0.717) is 0 Å². The van der Waals surface area contributed by atoms with Gasteiger partial charge in [0.15, 0.2) is 5.82 Å². The van der Waals surface area contributed by atoms with E-state index in [-0.39, 0.29) is 11.8 Å². The van der Waals surface area contributed by atoms with Crippen molar-refractivity contribution < 1.29 is 4.79 Å². The minimum Gasteiger partial charge on any atom is -0.325 e. The summed E-state index contributed by atoms with van der Waals surface area (Å²) < 4.78 is 1.85. The summed E-state index contributed by atoms with van der Waals surface area (Å²) in [6, 6.07) is 16.0. The summed E-state index contributed by atoms with van der Waals surface area (Å²) >= 11 is 0. The van der Waals surface area contributed by atoms with E-state index in [9.17, 15) is 4.79 Å². The standard InChI is InChI=1S/C20H20N4O/c1-24-13-21-23-19(24)17-10-4-5-12-18(17)22-20(25)16-11-6-8-14-7-2-3-9-15(14)16/h2-5,7,9-10,12-13,16H,6,8,11H2,1H3,(H,22,25)/t16-/m1/s1. The lowest BCUT2D eigenvalue weighted by molar-refractivity contribution is -0.117. The number of nitrogens with one attached hydrogen (secondary N) is 1. The first-order valence-electron chi connectivity index (χ1n) is 8.56. The SMILES string of the molecule is Cn1cnnc1-c1ccccc1NC(=O)[C@@H]1CCCc2ccccc21. The Labute approximate surface area is 146 Å². The molecule has 0 aliphatic heterocycles. The van der Waals surface area contributed by atoms with Crippen LogP contribution in [0.1, 0.15) is 29.9 Å². The Morgan fingerprint density at radius 3 is 2.80 bits per heavy atom. The molecule has 0 fully saturated rings. The van der Waals surface area contributed by atoms with Gasteiger partial charge in [0.2, 0.25) is 5.91 Å². The highest BCUT2D eigenvalue weighted by atomic mass is 16.1. The van der Waals surface area contributed by atoms with Gasteiger partial charge in [0, 0.05) is 12.6 Å². The number of hydrogen-bond acceptors (Lipinski definition) is 3. The average Bonchev–Trinajstić information content (AvgIpc) is 3.07. The maximum Gasteiger partial charge on any atom is 0.231 e. The Hall–Kier alpha value is -2.95. The second-order valence-electron chi connectivity index (χ2n) is 6.44. The average molecular weight is 332 g/mol. The Balaban J connectivity index is 1.64. The molecule has 0 radical (unpaired) electrons. The van der Waals surface area contributed by atoms with Crippen LogP contribution < -0.4 is 5.32 Å². The quantitative estimate of drug-likeness (QED) is 0.798. The van der Waals surface area contributed by atoms with E-state index in [2.05, 4.69) is 27.6 Å². The van der Waals surface area contributed by atoms with Gasteiger partial charge in [0.25, 0.3) is 0 Å². The van der Waals surface area contributed by atoms with E-state index in [1.807, 2.05) is 48.0 Å². The van der Waals surface area contributed by atoms with Crippen molar-refractivity contribution in [2.75, 3.05) is 5.32 Å². The molecule has 0 saturated heterocycles. The molecule has 25 heavy (non-hydrogen) atoms. The van der Waals surface area contributed by atoms with Crippen molar-refractivity contribution in [3.05, 3.63) is 66.0 Å². The number of carbonyl (C=O) groups is 1. The highest BCUT2D eigenvalue weighted by molar-refractivity contribution is 5.99. The van der Waals surface area contributed by atoms with Gasteiger partial charge >= 0.3 is 0 Å². The van der Waals surface area contributed by atoms with E-state index in [1.165, 1.54) is 5.56 Å². The van der Waals surface area contributed by atoms with Crippen molar-refractivity contribution >= 4 is 11.6 Å². The van der Waals surface area contributed by atoms with Gasteiger partial charge in [-0.15, -0.1) is 10.2 Å². The van der Waals surface area contributed by atoms with Crippen LogP contribution in [0.5, 0.6) is 0 Å².